The predicted molar refractivity (Wildman–Crippen MR) is 69.4 cm³/mol. The van der Waals surface area contributed by atoms with E-state index in [1.165, 1.54) is 0 Å². The standard InChI is InChI=1S/C14H13N3O2/c1-10(18)9-19-14-12(7-15)6-13(8-17-14)11-2-4-16-5-3-11/h2-6,8,10,18H,9H2,1H3. The lowest BCUT2D eigenvalue weighted by Crippen LogP contribution is -2.14. The van der Waals surface area contributed by atoms with Gasteiger partial charge >= 0.3 is 0 Å². The fourth-order valence-electron chi connectivity index (χ4n) is 1.55. The van der Waals surface area contributed by atoms with Crippen LogP contribution in [0.25, 0.3) is 11.1 Å². The second-order valence-electron chi connectivity index (χ2n) is 4.08. The van der Waals surface area contributed by atoms with E-state index >= 15 is 0 Å². The number of hydrogen-bond donors (Lipinski definition) is 1. The third-order valence-electron chi connectivity index (χ3n) is 2.45. The van der Waals surface area contributed by atoms with Crippen molar-refractivity contribution in [1.29, 1.82) is 5.26 Å². The highest BCUT2D eigenvalue weighted by Crippen LogP contribution is 2.23. The Morgan fingerprint density at radius 2 is 2.11 bits per heavy atom. The zero-order valence-electron chi connectivity index (χ0n) is 10.4. The van der Waals surface area contributed by atoms with E-state index in [-0.39, 0.29) is 12.5 Å². The average molecular weight is 255 g/mol. The molecule has 19 heavy (non-hydrogen) atoms. The van der Waals surface area contributed by atoms with Crippen molar-refractivity contribution in [1.82, 2.24) is 9.97 Å². The maximum Gasteiger partial charge on any atom is 0.231 e. The van der Waals surface area contributed by atoms with Crippen molar-refractivity contribution >= 4 is 0 Å². The van der Waals surface area contributed by atoms with Gasteiger partial charge in [0.15, 0.2) is 0 Å². The summed E-state index contributed by atoms with van der Waals surface area (Å²) in [7, 11) is 0. The van der Waals surface area contributed by atoms with E-state index in [9.17, 15) is 0 Å². The quantitative estimate of drug-likeness (QED) is 0.900. The van der Waals surface area contributed by atoms with Crippen LogP contribution in [0.5, 0.6) is 5.88 Å². The monoisotopic (exact) mass is 255 g/mol. The summed E-state index contributed by atoms with van der Waals surface area (Å²) in [5.41, 5.74) is 2.10. The first-order valence-corrected chi connectivity index (χ1v) is 5.82. The number of nitriles is 1. The van der Waals surface area contributed by atoms with Gasteiger partial charge in [-0.3, -0.25) is 4.98 Å². The molecule has 0 aliphatic heterocycles. The number of aliphatic hydroxyl groups excluding tert-OH is 1. The van der Waals surface area contributed by atoms with E-state index < -0.39 is 6.10 Å². The van der Waals surface area contributed by atoms with Crippen molar-refractivity contribution < 1.29 is 9.84 Å². The third kappa shape index (κ3) is 3.27. The van der Waals surface area contributed by atoms with Gasteiger partial charge in [0, 0.05) is 24.2 Å². The number of pyridine rings is 2. The Kier molecular flexibility index (Phi) is 4.06. The second-order valence-corrected chi connectivity index (χ2v) is 4.08. The average Bonchev–Trinajstić information content (AvgIpc) is 2.45. The summed E-state index contributed by atoms with van der Waals surface area (Å²) in [5, 5.41) is 18.3. The molecule has 0 radical (unpaired) electrons. The molecule has 0 aliphatic carbocycles. The SMILES string of the molecule is CC(O)COc1ncc(-c2ccncc2)cc1C#N. The number of rotatable bonds is 4. The summed E-state index contributed by atoms with van der Waals surface area (Å²) in [4.78, 5) is 8.06. The lowest BCUT2D eigenvalue weighted by atomic mass is 10.1. The van der Waals surface area contributed by atoms with Crippen LogP contribution in [0, 0.1) is 11.3 Å². The Hall–Kier alpha value is -2.45. The summed E-state index contributed by atoms with van der Waals surface area (Å²) >= 11 is 0. The number of aliphatic hydroxyl groups is 1. The largest absolute Gasteiger partial charge is 0.474 e. The van der Waals surface area contributed by atoms with Crippen molar-refractivity contribution in [2.45, 2.75) is 13.0 Å². The molecule has 5 nitrogen and oxygen atoms in total. The minimum absolute atomic E-state index is 0.107. The fourth-order valence-corrected chi connectivity index (χ4v) is 1.55. The fraction of sp³-hybridized carbons (Fsp3) is 0.214. The molecule has 1 atom stereocenters. The van der Waals surface area contributed by atoms with Crippen molar-refractivity contribution in [3.8, 4) is 23.1 Å². The Labute approximate surface area is 111 Å². The van der Waals surface area contributed by atoms with Crippen LogP contribution in [0.2, 0.25) is 0 Å². The van der Waals surface area contributed by atoms with Crippen LogP contribution in [-0.4, -0.2) is 27.8 Å². The van der Waals surface area contributed by atoms with Crippen molar-refractivity contribution in [3.63, 3.8) is 0 Å². The van der Waals surface area contributed by atoms with Gasteiger partial charge < -0.3 is 9.84 Å². The highest BCUT2D eigenvalue weighted by atomic mass is 16.5. The molecule has 0 fully saturated rings. The summed E-state index contributed by atoms with van der Waals surface area (Å²) in [5.74, 6) is 0.237. The van der Waals surface area contributed by atoms with Crippen molar-refractivity contribution in [2.24, 2.45) is 0 Å². The molecule has 1 N–H and O–H groups in total. The van der Waals surface area contributed by atoms with Crippen molar-refractivity contribution in [3.05, 3.63) is 42.4 Å². The molecule has 0 spiro atoms. The Morgan fingerprint density at radius 1 is 1.37 bits per heavy atom. The molecule has 0 saturated carbocycles. The Balaban J connectivity index is 2.29. The molecule has 0 saturated heterocycles. The molecular formula is C14H13N3O2. The van der Waals surface area contributed by atoms with Gasteiger partial charge in [-0.25, -0.2) is 4.98 Å². The molecule has 2 aromatic heterocycles. The van der Waals surface area contributed by atoms with E-state index in [0.29, 0.717) is 5.56 Å². The molecule has 0 aromatic carbocycles. The highest BCUT2D eigenvalue weighted by Gasteiger charge is 2.09. The van der Waals surface area contributed by atoms with Crippen LogP contribution in [-0.2, 0) is 0 Å². The molecule has 5 heteroatoms. The maximum absolute atomic E-state index is 9.17. The summed E-state index contributed by atoms with van der Waals surface area (Å²) in [6.45, 7) is 1.72. The molecule has 96 valence electrons. The first kappa shape index (κ1) is 13.0. The topological polar surface area (TPSA) is 79.0 Å². The molecule has 0 bridgehead atoms. The predicted octanol–water partition coefficient (Wildman–Crippen LogP) is 1.77. The van der Waals surface area contributed by atoms with Crippen molar-refractivity contribution in [2.75, 3.05) is 6.61 Å². The molecule has 2 heterocycles. The number of nitrogens with zero attached hydrogens (tertiary/aromatic N) is 3. The van der Waals surface area contributed by atoms with E-state index in [2.05, 4.69) is 9.97 Å². The second kappa shape index (κ2) is 5.94. The van der Waals surface area contributed by atoms with Crippen LogP contribution in [0.4, 0.5) is 0 Å². The lowest BCUT2D eigenvalue weighted by molar-refractivity contribution is 0.119. The highest BCUT2D eigenvalue weighted by molar-refractivity contribution is 5.64. The molecular weight excluding hydrogens is 242 g/mol. The van der Waals surface area contributed by atoms with E-state index in [1.54, 1.807) is 31.6 Å². The Morgan fingerprint density at radius 3 is 2.74 bits per heavy atom. The van der Waals surface area contributed by atoms with Gasteiger partial charge in [0.05, 0.1) is 6.10 Å². The first-order valence-electron chi connectivity index (χ1n) is 5.82. The minimum Gasteiger partial charge on any atom is -0.474 e. The van der Waals surface area contributed by atoms with Gasteiger partial charge in [-0.15, -0.1) is 0 Å². The summed E-state index contributed by atoms with van der Waals surface area (Å²) < 4.78 is 5.28. The van der Waals surface area contributed by atoms with Crippen LogP contribution in [0.1, 0.15) is 12.5 Å². The minimum atomic E-state index is -0.604. The van der Waals surface area contributed by atoms with Crippen LogP contribution in [0.15, 0.2) is 36.8 Å². The number of ether oxygens (including phenoxy) is 1. The summed E-state index contributed by atoms with van der Waals surface area (Å²) in [6, 6.07) is 7.44. The molecule has 0 aliphatic rings. The van der Waals surface area contributed by atoms with Crippen LogP contribution in [0.3, 0.4) is 0 Å². The summed E-state index contributed by atoms with van der Waals surface area (Å²) in [6.07, 6.45) is 4.39. The van der Waals surface area contributed by atoms with Gasteiger partial charge in [-0.05, 0) is 30.7 Å². The lowest BCUT2D eigenvalue weighted by Gasteiger charge is -2.09. The smallest absolute Gasteiger partial charge is 0.231 e. The third-order valence-corrected chi connectivity index (χ3v) is 2.45. The van der Waals surface area contributed by atoms with Gasteiger partial charge in [0.25, 0.3) is 0 Å². The van der Waals surface area contributed by atoms with Gasteiger partial charge in [-0.2, -0.15) is 5.26 Å². The zero-order valence-corrected chi connectivity index (χ0v) is 10.4. The number of hydrogen-bond acceptors (Lipinski definition) is 5. The molecule has 2 rings (SSSR count). The molecule has 1 unspecified atom stereocenters. The van der Waals surface area contributed by atoms with E-state index in [0.717, 1.165) is 11.1 Å². The van der Waals surface area contributed by atoms with Gasteiger partial charge in [-0.1, -0.05) is 0 Å². The molecule has 0 amide bonds. The van der Waals surface area contributed by atoms with E-state index in [1.807, 2.05) is 18.2 Å². The normalized spacial score (nSPS) is 11.6. The van der Waals surface area contributed by atoms with Gasteiger partial charge in [0.2, 0.25) is 5.88 Å². The first-order chi connectivity index (χ1) is 9.20. The zero-order chi connectivity index (χ0) is 13.7. The van der Waals surface area contributed by atoms with Crippen LogP contribution >= 0.6 is 0 Å². The van der Waals surface area contributed by atoms with E-state index in [4.69, 9.17) is 15.1 Å². The van der Waals surface area contributed by atoms with Gasteiger partial charge in [0.1, 0.15) is 18.2 Å². The Bertz CT molecular complexity index is 591. The number of aromatic nitrogens is 2. The van der Waals surface area contributed by atoms with Crippen LogP contribution < -0.4 is 4.74 Å². The maximum atomic E-state index is 9.17. The molecule has 2 aromatic rings.